The van der Waals surface area contributed by atoms with Gasteiger partial charge in [0.15, 0.2) is 0 Å². The molecule has 0 unspecified atom stereocenters. The van der Waals surface area contributed by atoms with Crippen molar-refractivity contribution in [2.45, 2.75) is 64.3 Å². The molecule has 26 heavy (non-hydrogen) atoms. The number of nitrogens with zero attached hydrogens (tertiary/aromatic N) is 1. The molecule has 1 amide bonds. The minimum atomic E-state index is 0.115. The van der Waals surface area contributed by atoms with Crippen LogP contribution >= 0.6 is 0 Å². The van der Waals surface area contributed by atoms with Gasteiger partial charge < -0.3 is 4.90 Å². The molecule has 0 atom stereocenters. The molecule has 0 radical (unpaired) electrons. The van der Waals surface area contributed by atoms with Crippen LogP contribution in [0.25, 0.3) is 0 Å². The van der Waals surface area contributed by atoms with Gasteiger partial charge in [0.25, 0.3) is 5.91 Å². The Balaban J connectivity index is 1.48. The minimum Gasteiger partial charge on any atom is -0.334 e. The third-order valence-corrected chi connectivity index (χ3v) is 6.10. The third kappa shape index (κ3) is 3.30. The summed E-state index contributed by atoms with van der Waals surface area (Å²) in [5.41, 5.74) is 6.45. The smallest absolute Gasteiger partial charge is 0.254 e. The summed E-state index contributed by atoms with van der Waals surface area (Å²) >= 11 is 0. The Hall–Kier alpha value is -2.09. The SMILES string of the molecule is CC(C)(C)c1ccc(C(=O)N2CCc3cc(C4CCC4)ccc3C2)cc1. The van der Waals surface area contributed by atoms with Gasteiger partial charge in [-0.25, -0.2) is 0 Å². The van der Waals surface area contributed by atoms with Crippen LogP contribution in [0, 0.1) is 0 Å². The first-order valence-electron chi connectivity index (χ1n) is 9.93. The van der Waals surface area contributed by atoms with Gasteiger partial charge in [0.1, 0.15) is 0 Å². The normalized spacial score (nSPS) is 17.6. The first-order chi connectivity index (χ1) is 12.4. The zero-order valence-electron chi connectivity index (χ0n) is 16.2. The number of benzene rings is 2. The monoisotopic (exact) mass is 347 g/mol. The number of fused-ring (bicyclic) bond motifs is 1. The van der Waals surface area contributed by atoms with E-state index in [2.05, 4.69) is 51.1 Å². The minimum absolute atomic E-state index is 0.115. The molecule has 0 spiro atoms. The fraction of sp³-hybridized carbons (Fsp3) is 0.458. The summed E-state index contributed by atoms with van der Waals surface area (Å²) < 4.78 is 0. The van der Waals surface area contributed by atoms with Gasteiger partial charge >= 0.3 is 0 Å². The van der Waals surface area contributed by atoms with Crippen LogP contribution in [0.5, 0.6) is 0 Å². The summed E-state index contributed by atoms with van der Waals surface area (Å²) in [5.74, 6) is 0.931. The Kier molecular flexibility index (Phi) is 4.38. The summed E-state index contributed by atoms with van der Waals surface area (Å²) in [6.45, 7) is 8.15. The van der Waals surface area contributed by atoms with Crippen LogP contribution in [0.2, 0.25) is 0 Å². The lowest BCUT2D eigenvalue weighted by atomic mass is 9.79. The summed E-state index contributed by atoms with van der Waals surface area (Å²) in [6.07, 6.45) is 5.03. The van der Waals surface area contributed by atoms with Crippen LogP contribution < -0.4 is 0 Å². The van der Waals surface area contributed by atoms with E-state index in [4.69, 9.17) is 0 Å². The molecule has 0 saturated heterocycles. The van der Waals surface area contributed by atoms with Crippen molar-refractivity contribution >= 4 is 5.91 Å². The predicted molar refractivity (Wildman–Crippen MR) is 107 cm³/mol. The molecule has 1 aliphatic heterocycles. The van der Waals surface area contributed by atoms with Gasteiger partial charge in [-0.15, -0.1) is 0 Å². The van der Waals surface area contributed by atoms with Crippen molar-refractivity contribution in [2.24, 2.45) is 0 Å². The number of amides is 1. The highest BCUT2D eigenvalue weighted by atomic mass is 16.2. The molecule has 136 valence electrons. The molecule has 1 fully saturated rings. The molecule has 2 aromatic rings. The maximum absolute atomic E-state index is 12.9. The Morgan fingerprint density at radius 3 is 2.35 bits per heavy atom. The predicted octanol–water partition coefficient (Wildman–Crippen LogP) is 5.45. The molecule has 2 aromatic carbocycles. The second-order valence-electron chi connectivity index (χ2n) is 8.96. The van der Waals surface area contributed by atoms with Gasteiger partial charge in [-0.2, -0.15) is 0 Å². The van der Waals surface area contributed by atoms with E-state index in [0.29, 0.717) is 0 Å². The van der Waals surface area contributed by atoms with Gasteiger partial charge in [0, 0.05) is 18.7 Å². The topological polar surface area (TPSA) is 20.3 Å². The van der Waals surface area contributed by atoms with Crippen molar-refractivity contribution < 1.29 is 4.79 Å². The van der Waals surface area contributed by atoms with Crippen LogP contribution in [-0.4, -0.2) is 17.4 Å². The molecular weight excluding hydrogens is 318 g/mol. The Morgan fingerprint density at radius 1 is 1.00 bits per heavy atom. The summed E-state index contributed by atoms with van der Waals surface area (Å²) in [6, 6.07) is 15.1. The van der Waals surface area contributed by atoms with Gasteiger partial charge in [0.2, 0.25) is 0 Å². The maximum atomic E-state index is 12.9. The van der Waals surface area contributed by atoms with Crippen molar-refractivity contribution in [3.63, 3.8) is 0 Å². The fourth-order valence-electron chi connectivity index (χ4n) is 4.04. The average molecular weight is 348 g/mol. The number of carbonyl (C=O) groups is 1. The largest absolute Gasteiger partial charge is 0.334 e. The van der Waals surface area contributed by atoms with E-state index in [-0.39, 0.29) is 11.3 Å². The Labute approximate surface area is 157 Å². The van der Waals surface area contributed by atoms with Crippen molar-refractivity contribution in [3.8, 4) is 0 Å². The van der Waals surface area contributed by atoms with Gasteiger partial charge in [-0.05, 0) is 65.0 Å². The summed E-state index contributed by atoms with van der Waals surface area (Å²) in [5, 5.41) is 0. The van der Waals surface area contributed by atoms with Crippen LogP contribution in [0.15, 0.2) is 42.5 Å². The first-order valence-corrected chi connectivity index (χ1v) is 9.93. The number of rotatable bonds is 2. The lowest BCUT2D eigenvalue weighted by Crippen LogP contribution is -2.36. The van der Waals surface area contributed by atoms with Crippen LogP contribution in [0.4, 0.5) is 0 Å². The molecule has 0 bridgehead atoms. The van der Waals surface area contributed by atoms with E-state index in [9.17, 15) is 4.79 Å². The van der Waals surface area contributed by atoms with Crippen LogP contribution in [-0.2, 0) is 18.4 Å². The molecule has 1 aliphatic carbocycles. The van der Waals surface area contributed by atoms with Crippen molar-refractivity contribution in [1.82, 2.24) is 4.90 Å². The van der Waals surface area contributed by atoms with E-state index in [1.165, 1.54) is 41.5 Å². The van der Waals surface area contributed by atoms with Crippen molar-refractivity contribution in [2.75, 3.05) is 6.54 Å². The molecule has 0 aromatic heterocycles. The molecule has 2 aliphatic rings. The second kappa shape index (κ2) is 6.57. The molecule has 1 heterocycles. The zero-order chi connectivity index (χ0) is 18.3. The van der Waals surface area contributed by atoms with Crippen molar-refractivity contribution in [3.05, 3.63) is 70.3 Å². The van der Waals surface area contributed by atoms with E-state index in [0.717, 1.165) is 31.0 Å². The van der Waals surface area contributed by atoms with Gasteiger partial charge in [-0.3, -0.25) is 4.79 Å². The van der Waals surface area contributed by atoms with E-state index < -0.39 is 0 Å². The lowest BCUT2D eigenvalue weighted by molar-refractivity contribution is 0.0734. The highest BCUT2D eigenvalue weighted by Gasteiger charge is 2.25. The molecule has 1 saturated carbocycles. The number of carbonyl (C=O) groups excluding carboxylic acids is 1. The van der Waals surface area contributed by atoms with E-state index in [1.54, 1.807) is 0 Å². The first kappa shape index (κ1) is 17.3. The molecule has 0 N–H and O–H groups in total. The highest BCUT2D eigenvalue weighted by Crippen LogP contribution is 2.37. The van der Waals surface area contributed by atoms with E-state index in [1.807, 2.05) is 17.0 Å². The number of hydrogen-bond acceptors (Lipinski definition) is 1. The van der Waals surface area contributed by atoms with Crippen LogP contribution in [0.3, 0.4) is 0 Å². The van der Waals surface area contributed by atoms with Gasteiger partial charge in [0.05, 0.1) is 0 Å². The van der Waals surface area contributed by atoms with Crippen molar-refractivity contribution in [1.29, 1.82) is 0 Å². The molecule has 2 heteroatoms. The second-order valence-corrected chi connectivity index (χ2v) is 8.96. The standard InChI is InChI=1S/C24H29NO/c1-24(2,3)22-11-9-18(10-12-22)23(26)25-14-13-20-15-19(17-5-4-6-17)7-8-21(20)16-25/h7-12,15,17H,4-6,13-14,16H2,1-3H3. The van der Waals surface area contributed by atoms with E-state index >= 15 is 0 Å². The van der Waals surface area contributed by atoms with Crippen LogP contribution in [0.1, 0.15) is 78.6 Å². The van der Waals surface area contributed by atoms with Gasteiger partial charge in [-0.1, -0.05) is 57.5 Å². The summed E-state index contributed by atoms with van der Waals surface area (Å²) in [4.78, 5) is 14.9. The lowest BCUT2D eigenvalue weighted by Gasteiger charge is -2.31. The molecule has 4 rings (SSSR count). The highest BCUT2D eigenvalue weighted by molar-refractivity contribution is 5.94. The molecule has 2 nitrogen and oxygen atoms in total. The summed E-state index contributed by atoms with van der Waals surface area (Å²) in [7, 11) is 0. The number of hydrogen-bond donors (Lipinski definition) is 0. The average Bonchev–Trinajstić information content (AvgIpc) is 2.58. The third-order valence-electron chi connectivity index (χ3n) is 6.10. The Bertz CT molecular complexity index is 809. The maximum Gasteiger partial charge on any atom is 0.254 e. The quantitative estimate of drug-likeness (QED) is 0.707. The fourth-order valence-corrected chi connectivity index (χ4v) is 4.04. The molecular formula is C24H29NO. The Morgan fingerprint density at radius 2 is 1.73 bits per heavy atom. The zero-order valence-corrected chi connectivity index (χ0v) is 16.2.